The first-order valence-electron chi connectivity index (χ1n) is 20.0. The maximum Gasteiger partial charge on any atom is 0.363 e. The standard InChI is InChI=1S/C34H69B5N8O8/c1-49-34(48)32-8-10-33(11-9-32)55-31-7-12-40-13-14-41-16-23-44(36-51-3)27-29-46(38-53-5)25-19-42(18-22-43(21-15-40)35-50-2)20-26-47(39-54-6)30-28-45(24-17-41)37-52-4/h8-11,35-39H,7,12-31H2,1-6H3. The van der Waals surface area contributed by atoms with Crippen molar-refractivity contribution < 1.29 is 37.5 Å². The predicted octanol–water partition coefficient (Wildman–Crippen LogP) is -2.75. The van der Waals surface area contributed by atoms with Crippen LogP contribution in [-0.2, 0) is 28.0 Å². The molecular formula is C34H69B5N8O8. The van der Waals surface area contributed by atoms with Crippen LogP contribution in [0.5, 0.6) is 5.75 Å². The molecule has 16 nitrogen and oxygen atoms in total. The molecule has 0 saturated carbocycles. The normalized spacial score (nSPS) is 22.4. The van der Waals surface area contributed by atoms with Gasteiger partial charge in [-0.15, -0.1) is 0 Å². The summed E-state index contributed by atoms with van der Waals surface area (Å²) < 4.78 is 39.4. The molecule has 21 heteroatoms. The van der Waals surface area contributed by atoms with Gasteiger partial charge in [0.05, 0.1) is 19.3 Å². The zero-order valence-corrected chi connectivity index (χ0v) is 35.0. The molecule has 0 unspecified atom stereocenters. The highest BCUT2D eigenvalue weighted by molar-refractivity contribution is 6.24. The zero-order chi connectivity index (χ0) is 39.5. The van der Waals surface area contributed by atoms with Gasteiger partial charge < -0.3 is 61.7 Å². The molecule has 2 bridgehead atoms. The fourth-order valence-corrected chi connectivity index (χ4v) is 6.95. The largest absolute Gasteiger partial charge is 0.494 e. The molecule has 3 aliphatic heterocycles. The molecule has 3 aliphatic rings. The molecule has 308 valence electrons. The van der Waals surface area contributed by atoms with E-state index in [4.69, 9.17) is 32.7 Å². The lowest BCUT2D eigenvalue weighted by atomic mass is 10.1. The number of carbonyl (C=O) groups excluding carboxylic acids is 1. The molecule has 0 aliphatic carbocycles. The second-order valence-corrected chi connectivity index (χ2v) is 14.4. The van der Waals surface area contributed by atoms with Gasteiger partial charge in [0.15, 0.2) is 0 Å². The first kappa shape index (κ1) is 47.7. The summed E-state index contributed by atoms with van der Waals surface area (Å²) in [6, 6.07) is 7.14. The monoisotopic (exact) mass is 773 g/mol. The van der Waals surface area contributed by atoms with Crippen molar-refractivity contribution in [2.24, 2.45) is 0 Å². The van der Waals surface area contributed by atoms with Gasteiger partial charge in [-0.2, -0.15) is 0 Å². The summed E-state index contributed by atoms with van der Waals surface area (Å²) in [4.78, 5) is 31.7. The Labute approximate surface area is 335 Å². The van der Waals surface area contributed by atoms with Crippen LogP contribution in [-0.4, -0.2) is 256 Å². The molecule has 4 rings (SSSR count). The van der Waals surface area contributed by atoms with E-state index < -0.39 is 0 Å². The van der Waals surface area contributed by atoms with E-state index in [1.807, 2.05) is 12.1 Å². The predicted molar refractivity (Wildman–Crippen MR) is 226 cm³/mol. The van der Waals surface area contributed by atoms with Crippen LogP contribution in [0.15, 0.2) is 24.3 Å². The minimum Gasteiger partial charge on any atom is -0.494 e. The number of methoxy groups -OCH3 is 1. The number of hydrogen-bond donors (Lipinski definition) is 0. The summed E-state index contributed by atoms with van der Waals surface area (Å²) >= 11 is 0. The lowest BCUT2D eigenvalue weighted by Gasteiger charge is -2.35. The van der Waals surface area contributed by atoms with Crippen LogP contribution in [0.3, 0.4) is 0 Å². The van der Waals surface area contributed by atoms with Crippen molar-refractivity contribution >= 4 is 44.1 Å². The van der Waals surface area contributed by atoms with Gasteiger partial charge in [0.2, 0.25) is 0 Å². The average molecular weight is 772 g/mol. The molecule has 0 aromatic heterocycles. The van der Waals surface area contributed by atoms with Gasteiger partial charge in [-0.1, -0.05) is 0 Å². The second kappa shape index (κ2) is 29.5. The first-order chi connectivity index (χ1) is 26.9. The lowest BCUT2D eigenvalue weighted by molar-refractivity contribution is 0.0600. The molecule has 0 radical (unpaired) electrons. The Morgan fingerprint density at radius 2 is 0.818 bits per heavy atom. The number of benzene rings is 1. The van der Waals surface area contributed by atoms with E-state index in [1.165, 1.54) is 7.11 Å². The van der Waals surface area contributed by atoms with Crippen LogP contribution in [0.1, 0.15) is 16.8 Å². The second-order valence-electron chi connectivity index (χ2n) is 14.4. The van der Waals surface area contributed by atoms with Crippen molar-refractivity contribution in [3.8, 4) is 5.75 Å². The molecule has 3 heterocycles. The summed E-state index contributed by atoms with van der Waals surface area (Å²) in [5.41, 5.74) is 0.514. The zero-order valence-electron chi connectivity index (χ0n) is 35.0. The van der Waals surface area contributed by atoms with Gasteiger partial charge in [-0.3, -0.25) is 9.80 Å². The minimum atomic E-state index is -0.349. The van der Waals surface area contributed by atoms with Crippen LogP contribution >= 0.6 is 0 Å². The number of fused-ring (bicyclic) bond motifs is 21. The molecule has 0 spiro atoms. The van der Waals surface area contributed by atoms with E-state index in [-0.39, 0.29) is 5.97 Å². The molecule has 1 aromatic rings. The van der Waals surface area contributed by atoms with Gasteiger partial charge in [0.25, 0.3) is 0 Å². The number of hydrogen-bond acceptors (Lipinski definition) is 16. The van der Waals surface area contributed by atoms with E-state index in [9.17, 15) is 4.79 Å². The van der Waals surface area contributed by atoms with Crippen molar-refractivity contribution in [3.63, 3.8) is 0 Å². The minimum absolute atomic E-state index is 0.349. The third-order valence-electron chi connectivity index (χ3n) is 10.3. The van der Waals surface area contributed by atoms with Crippen LogP contribution in [0.25, 0.3) is 0 Å². The van der Waals surface area contributed by atoms with Gasteiger partial charge >= 0.3 is 44.1 Å². The summed E-state index contributed by atoms with van der Waals surface area (Å²) in [5.74, 6) is 0.401. The van der Waals surface area contributed by atoms with Gasteiger partial charge in [-0.25, -0.2) is 4.79 Å². The average Bonchev–Trinajstić information content (AvgIpc) is 3.19. The highest BCUT2D eigenvalue weighted by Crippen LogP contribution is 2.13. The number of nitrogens with zero attached hydrogens (tertiary/aromatic N) is 8. The molecule has 55 heavy (non-hydrogen) atoms. The van der Waals surface area contributed by atoms with E-state index >= 15 is 0 Å². The van der Waals surface area contributed by atoms with Crippen LogP contribution < -0.4 is 4.74 Å². The van der Waals surface area contributed by atoms with Crippen LogP contribution in [0.4, 0.5) is 0 Å². The fraction of sp³-hybridized carbons (Fsp3) is 0.794. The van der Waals surface area contributed by atoms with Gasteiger partial charge in [0.1, 0.15) is 5.75 Å². The van der Waals surface area contributed by atoms with E-state index in [0.29, 0.717) is 50.3 Å². The summed E-state index contributed by atoms with van der Waals surface area (Å²) in [5, 5.41) is 0. The van der Waals surface area contributed by atoms with E-state index in [1.54, 1.807) is 47.7 Å². The smallest absolute Gasteiger partial charge is 0.363 e. The Morgan fingerprint density at radius 3 is 1.18 bits per heavy atom. The topological polar surface area (TPSA) is 108 Å². The number of rotatable bonds is 16. The van der Waals surface area contributed by atoms with Gasteiger partial charge in [-0.05, 0) is 30.7 Å². The number of carbonyl (C=O) groups is 1. The maximum absolute atomic E-state index is 11.9. The number of esters is 1. The first-order valence-corrected chi connectivity index (χ1v) is 20.0. The Morgan fingerprint density at radius 1 is 0.491 bits per heavy atom. The SMILES string of the molecule is COBN1CCN(BOC)CCN2CCN(BOC)CCN(BOC)CCN(CC1)CCN(BOC)CCN(CCCOc1ccc(C(=O)OC)cc1)CC2. The highest BCUT2D eigenvalue weighted by Gasteiger charge is 2.21. The third kappa shape index (κ3) is 20.0. The Bertz CT molecular complexity index is 1100. The van der Waals surface area contributed by atoms with Gasteiger partial charge in [0, 0.05) is 160 Å². The summed E-state index contributed by atoms with van der Waals surface area (Å²) in [7, 11) is 13.3. The van der Waals surface area contributed by atoms with E-state index in [0.717, 1.165) is 137 Å². The maximum atomic E-state index is 11.9. The van der Waals surface area contributed by atoms with E-state index in [2.05, 4.69) is 38.8 Å². The Hall–Kier alpha value is -1.71. The lowest BCUT2D eigenvalue weighted by Crippen LogP contribution is -2.50. The van der Waals surface area contributed by atoms with Crippen molar-refractivity contribution in [3.05, 3.63) is 29.8 Å². The van der Waals surface area contributed by atoms with Crippen LogP contribution in [0, 0.1) is 0 Å². The van der Waals surface area contributed by atoms with Crippen molar-refractivity contribution in [1.82, 2.24) is 38.8 Å². The quantitative estimate of drug-likeness (QED) is 0.0985. The molecule has 0 atom stereocenters. The summed E-state index contributed by atoms with van der Waals surface area (Å²) in [6.07, 6.45) is 0.885. The Balaban J connectivity index is 1.84. The fourth-order valence-electron chi connectivity index (χ4n) is 6.95. The van der Waals surface area contributed by atoms with Crippen LogP contribution in [0.2, 0.25) is 0 Å². The Kier molecular flexibility index (Phi) is 25.6. The van der Waals surface area contributed by atoms with Crippen molar-refractivity contribution in [1.29, 1.82) is 0 Å². The van der Waals surface area contributed by atoms with Crippen molar-refractivity contribution in [2.45, 2.75) is 6.42 Å². The molecule has 1 aromatic carbocycles. The number of ether oxygens (including phenoxy) is 2. The summed E-state index contributed by atoms with van der Waals surface area (Å²) in [6.45, 7) is 18.1. The molecule has 3 fully saturated rings. The molecule has 0 amide bonds. The highest BCUT2D eigenvalue weighted by atomic mass is 16.5. The molecule has 3 saturated heterocycles. The van der Waals surface area contributed by atoms with Crippen molar-refractivity contribution in [2.75, 3.05) is 174 Å². The third-order valence-corrected chi connectivity index (χ3v) is 10.3. The molecular weight excluding hydrogens is 702 g/mol. The molecule has 0 N–H and O–H groups in total.